The lowest BCUT2D eigenvalue weighted by Crippen LogP contribution is -2.48. The third kappa shape index (κ3) is 3.15. The Balaban J connectivity index is 2.11. The van der Waals surface area contributed by atoms with Crippen molar-refractivity contribution in [2.75, 3.05) is 19.7 Å². The highest BCUT2D eigenvalue weighted by atomic mass is 32.2. The maximum absolute atomic E-state index is 12.7. The molecule has 0 spiro atoms. The molecule has 1 saturated heterocycles. The molecule has 1 saturated carbocycles. The Morgan fingerprint density at radius 1 is 1.30 bits per heavy atom. The minimum absolute atomic E-state index is 0.0618. The molecular formula is C13H23NO5S. The molecule has 0 aromatic carbocycles. The summed E-state index contributed by atoms with van der Waals surface area (Å²) in [6, 6.07) is 0. The second-order valence-electron chi connectivity index (χ2n) is 5.54. The predicted octanol–water partition coefficient (Wildman–Crippen LogP) is 1.07. The van der Waals surface area contributed by atoms with Gasteiger partial charge in [0.05, 0.1) is 17.3 Å². The molecule has 1 heterocycles. The summed E-state index contributed by atoms with van der Waals surface area (Å²) in [5.41, 5.74) is 0. The highest BCUT2D eigenvalue weighted by molar-refractivity contribution is 7.89. The number of piperidine rings is 1. The molecule has 3 unspecified atom stereocenters. The Morgan fingerprint density at radius 3 is 2.70 bits per heavy atom. The van der Waals surface area contributed by atoms with E-state index >= 15 is 0 Å². The van der Waals surface area contributed by atoms with Crippen molar-refractivity contribution in [3.63, 3.8) is 0 Å². The van der Waals surface area contributed by atoms with Gasteiger partial charge in [0, 0.05) is 19.7 Å². The number of carboxylic acids is 1. The average Bonchev–Trinajstić information content (AvgIpc) is 2.89. The predicted molar refractivity (Wildman–Crippen MR) is 73.9 cm³/mol. The number of sulfonamides is 1. The van der Waals surface area contributed by atoms with Crippen molar-refractivity contribution in [3.05, 3.63) is 0 Å². The van der Waals surface area contributed by atoms with Crippen molar-refractivity contribution in [1.82, 2.24) is 4.31 Å². The molecule has 1 aliphatic carbocycles. The van der Waals surface area contributed by atoms with Crippen LogP contribution >= 0.6 is 0 Å². The Bertz CT molecular complexity index is 448. The van der Waals surface area contributed by atoms with Crippen LogP contribution in [0.5, 0.6) is 0 Å². The van der Waals surface area contributed by atoms with Crippen molar-refractivity contribution in [2.24, 2.45) is 5.92 Å². The van der Waals surface area contributed by atoms with Crippen LogP contribution in [0.25, 0.3) is 0 Å². The van der Waals surface area contributed by atoms with E-state index in [1.165, 1.54) is 4.31 Å². The molecule has 0 amide bonds. The van der Waals surface area contributed by atoms with E-state index in [2.05, 4.69) is 0 Å². The van der Waals surface area contributed by atoms with E-state index in [1.807, 2.05) is 6.92 Å². The molecule has 2 rings (SSSR count). The molecule has 0 bridgehead atoms. The molecule has 0 aromatic heterocycles. The van der Waals surface area contributed by atoms with E-state index in [0.29, 0.717) is 39.0 Å². The van der Waals surface area contributed by atoms with Gasteiger partial charge < -0.3 is 9.84 Å². The largest absolute Gasteiger partial charge is 0.481 e. The number of aliphatic carboxylic acids is 1. The highest BCUT2D eigenvalue weighted by Gasteiger charge is 2.45. The Labute approximate surface area is 120 Å². The number of nitrogens with zero attached hydrogens (tertiary/aromatic N) is 1. The van der Waals surface area contributed by atoms with E-state index in [4.69, 9.17) is 4.74 Å². The van der Waals surface area contributed by atoms with Gasteiger partial charge in [-0.05, 0) is 32.6 Å². The van der Waals surface area contributed by atoms with Gasteiger partial charge in [0.2, 0.25) is 10.0 Å². The lowest BCUT2D eigenvalue weighted by atomic mass is 10.1. The first-order valence-corrected chi connectivity index (χ1v) is 8.80. The summed E-state index contributed by atoms with van der Waals surface area (Å²) < 4.78 is 32.3. The van der Waals surface area contributed by atoms with E-state index < -0.39 is 27.2 Å². The van der Waals surface area contributed by atoms with Gasteiger partial charge in [0.15, 0.2) is 0 Å². The van der Waals surface area contributed by atoms with Gasteiger partial charge in [-0.1, -0.05) is 6.42 Å². The molecule has 2 aliphatic rings. The van der Waals surface area contributed by atoms with E-state index in [0.717, 1.165) is 12.8 Å². The number of rotatable bonds is 5. The fourth-order valence-electron chi connectivity index (χ4n) is 3.26. The Hall–Kier alpha value is -0.660. The maximum Gasteiger partial charge on any atom is 0.307 e. The van der Waals surface area contributed by atoms with Gasteiger partial charge in [0.25, 0.3) is 0 Å². The van der Waals surface area contributed by atoms with Crippen molar-refractivity contribution in [2.45, 2.75) is 50.4 Å². The summed E-state index contributed by atoms with van der Waals surface area (Å²) in [6.45, 7) is 3.30. The van der Waals surface area contributed by atoms with Crippen LogP contribution in [0.4, 0.5) is 0 Å². The van der Waals surface area contributed by atoms with Crippen LogP contribution in [0.1, 0.15) is 39.0 Å². The van der Waals surface area contributed by atoms with Crippen molar-refractivity contribution in [1.29, 1.82) is 0 Å². The van der Waals surface area contributed by atoms with Crippen LogP contribution in [0, 0.1) is 5.92 Å². The standard InChI is InChI=1S/C13H23NO5S/c1-2-19-10-5-4-8-14(9-10)20(17,18)12-7-3-6-11(12)13(15)16/h10-12H,2-9H2,1H3,(H,15,16). The third-order valence-corrected chi connectivity index (χ3v) is 6.64. The highest BCUT2D eigenvalue weighted by Crippen LogP contribution is 2.34. The van der Waals surface area contributed by atoms with Crippen LogP contribution in [0.15, 0.2) is 0 Å². The zero-order valence-electron chi connectivity index (χ0n) is 11.8. The Kier molecular flexibility index (Phi) is 5.04. The fraction of sp³-hybridized carbons (Fsp3) is 0.923. The van der Waals surface area contributed by atoms with Crippen LogP contribution < -0.4 is 0 Å². The van der Waals surface area contributed by atoms with E-state index in [-0.39, 0.29) is 6.10 Å². The topological polar surface area (TPSA) is 83.9 Å². The molecular weight excluding hydrogens is 282 g/mol. The van der Waals surface area contributed by atoms with Crippen molar-refractivity contribution in [3.8, 4) is 0 Å². The summed E-state index contributed by atoms with van der Waals surface area (Å²) in [6.07, 6.45) is 3.16. The molecule has 1 aliphatic heterocycles. The molecule has 3 atom stereocenters. The first-order valence-electron chi connectivity index (χ1n) is 7.30. The number of ether oxygens (including phenoxy) is 1. The average molecular weight is 305 g/mol. The molecule has 1 N–H and O–H groups in total. The van der Waals surface area contributed by atoms with Gasteiger partial charge >= 0.3 is 5.97 Å². The minimum Gasteiger partial charge on any atom is -0.481 e. The van der Waals surface area contributed by atoms with E-state index in [9.17, 15) is 18.3 Å². The third-order valence-electron chi connectivity index (χ3n) is 4.26. The molecule has 2 fully saturated rings. The summed E-state index contributed by atoms with van der Waals surface area (Å²) in [5, 5.41) is 8.41. The monoisotopic (exact) mass is 305 g/mol. The van der Waals surface area contributed by atoms with Gasteiger partial charge in [-0.3, -0.25) is 4.79 Å². The summed E-state index contributed by atoms with van der Waals surface area (Å²) in [7, 11) is -3.53. The van der Waals surface area contributed by atoms with Crippen LogP contribution in [0.2, 0.25) is 0 Å². The Morgan fingerprint density at radius 2 is 2.05 bits per heavy atom. The van der Waals surface area contributed by atoms with Crippen LogP contribution in [-0.2, 0) is 19.6 Å². The summed E-state index contributed by atoms with van der Waals surface area (Å²) in [5.74, 6) is -1.75. The quantitative estimate of drug-likeness (QED) is 0.821. The molecule has 7 heteroatoms. The zero-order valence-corrected chi connectivity index (χ0v) is 12.6. The fourth-order valence-corrected chi connectivity index (χ4v) is 5.54. The first kappa shape index (κ1) is 15.7. The molecule has 6 nitrogen and oxygen atoms in total. The van der Waals surface area contributed by atoms with Crippen molar-refractivity contribution >= 4 is 16.0 Å². The van der Waals surface area contributed by atoms with E-state index in [1.54, 1.807) is 0 Å². The minimum atomic E-state index is -3.53. The second-order valence-corrected chi connectivity index (χ2v) is 7.69. The van der Waals surface area contributed by atoms with Crippen LogP contribution in [-0.4, -0.2) is 54.8 Å². The summed E-state index contributed by atoms with van der Waals surface area (Å²) in [4.78, 5) is 11.2. The molecule has 0 aromatic rings. The lowest BCUT2D eigenvalue weighted by Gasteiger charge is -2.34. The summed E-state index contributed by atoms with van der Waals surface area (Å²) >= 11 is 0. The maximum atomic E-state index is 12.7. The smallest absolute Gasteiger partial charge is 0.307 e. The molecule has 116 valence electrons. The normalized spacial score (nSPS) is 32.4. The van der Waals surface area contributed by atoms with Gasteiger partial charge in [-0.2, -0.15) is 4.31 Å². The number of carbonyl (C=O) groups is 1. The lowest BCUT2D eigenvalue weighted by molar-refractivity contribution is -0.141. The number of carboxylic acid groups (broad SMARTS) is 1. The SMILES string of the molecule is CCOC1CCCN(S(=O)(=O)C2CCCC2C(=O)O)C1. The number of hydrogen-bond acceptors (Lipinski definition) is 4. The van der Waals surface area contributed by atoms with Crippen molar-refractivity contribution < 1.29 is 23.1 Å². The molecule has 0 radical (unpaired) electrons. The number of hydrogen-bond donors (Lipinski definition) is 1. The van der Waals surface area contributed by atoms with Gasteiger partial charge in [0.1, 0.15) is 0 Å². The molecule has 20 heavy (non-hydrogen) atoms. The second kappa shape index (κ2) is 6.41. The zero-order chi connectivity index (χ0) is 14.8. The van der Waals surface area contributed by atoms with Gasteiger partial charge in [-0.15, -0.1) is 0 Å². The van der Waals surface area contributed by atoms with Gasteiger partial charge in [-0.25, -0.2) is 8.42 Å². The first-order chi connectivity index (χ1) is 9.46. The van der Waals surface area contributed by atoms with Crippen LogP contribution in [0.3, 0.4) is 0 Å².